The normalized spacial score (nSPS) is 32.5. The lowest BCUT2D eigenvalue weighted by Gasteiger charge is -2.20. The van der Waals surface area contributed by atoms with Crippen molar-refractivity contribution in [2.45, 2.75) is 44.6 Å². The van der Waals surface area contributed by atoms with E-state index in [1.54, 1.807) is 0 Å². The van der Waals surface area contributed by atoms with Crippen molar-refractivity contribution >= 4 is 11.9 Å². The average molecular weight is 242 g/mol. The molecule has 2 saturated heterocycles. The fraction of sp³-hybridized carbons (Fsp3) is 0.818. The summed E-state index contributed by atoms with van der Waals surface area (Å²) < 4.78 is 10.3. The molecular formula is C11H18N2O4. The van der Waals surface area contributed by atoms with E-state index in [1.807, 2.05) is 6.92 Å². The van der Waals surface area contributed by atoms with Crippen molar-refractivity contribution < 1.29 is 19.1 Å². The maximum Gasteiger partial charge on any atom is 0.310 e. The molecule has 0 aromatic heterocycles. The van der Waals surface area contributed by atoms with Crippen molar-refractivity contribution in [3.8, 4) is 0 Å². The molecule has 0 aromatic rings. The minimum Gasteiger partial charge on any atom is -0.433 e. The van der Waals surface area contributed by atoms with Gasteiger partial charge in [-0.15, -0.1) is 0 Å². The van der Waals surface area contributed by atoms with E-state index in [2.05, 4.69) is 10.6 Å². The Morgan fingerprint density at radius 3 is 3.12 bits per heavy atom. The summed E-state index contributed by atoms with van der Waals surface area (Å²) in [7, 11) is 0. The molecule has 6 heteroatoms. The zero-order chi connectivity index (χ0) is 12.3. The van der Waals surface area contributed by atoms with Crippen LogP contribution in [0.4, 0.5) is 0 Å². The minimum atomic E-state index is -0.641. The first kappa shape index (κ1) is 12.3. The van der Waals surface area contributed by atoms with E-state index in [0.29, 0.717) is 6.61 Å². The van der Waals surface area contributed by atoms with Crippen LogP contribution in [0.5, 0.6) is 0 Å². The van der Waals surface area contributed by atoms with Crippen LogP contribution in [0, 0.1) is 0 Å². The topological polar surface area (TPSA) is 76.7 Å². The molecule has 2 aliphatic rings. The summed E-state index contributed by atoms with van der Waals surface area (Å²) in [5, 5.41) is 5.92. The first-order valence-corrected chi connectivity index (χ1v) is 6.05. The number of esters is 1. The molecule has 2 N–H and O–H groups in total. The zero-order valence-electron chi connectivity index (χ0n) is 9.90. The summed E-state index contributed by atoms with van der Waals surface area (Å²) >= 11 is 0. The van der Waals surface area contributed by atoms with Crippen molar-refractivity contribution in [3.63, 3.8) is 0 Å². The molecule has 1 amide bonds. The number of carbonyl (C=O) groups excluding carboxylic acids is 2. The third-order valence-corrected chi connectivity index (χ3v) is 3.00. The molecule has 96 valence electrons. The molecule has 1 unspecified atom stereocenters. The van der Waals surface area contributed by atoms with Gasteiger partial charge < -0.3 is 20.1 Å². The molecule has 2 rings (SSSR count). The van der Waals surface area contributed by atoms with Crippen molar-refractivity contribution in [2.24, 2.45) is 0 Å². The van der Waals surface area contributed by atoms with Gasteiger partial charge >= 0.3 is 5.97 Å². The predicted octanol–water partition coefficient (Wildman–Crippen LogP) is -0.467. The highest BCUT2D eigenvalue weighted by Crippen LogP contribution is 2.17. The Morgan fingerprint density at radius 2 is 2.47 bits per heavy atom. The summed E-state index contributed by atoms with van der Waals surface area (Å²) in [6, 6.07) is -0.509. The largest absolute Gasteiger partial charge is 0.433 e. The number of nitrogens with one attached hydrogen (secondary N) is 2. The Kier molecular flexibility index (Phi) is 3.96. The third-order valence-electron chi connectivity index (χ3n) is 3.00. The summed E-state index contributed by atoms with van der Waals surface area (Å²) in [6.07, 6.45) is 1.39. The molecular weight excluding hydrogens is 224 g/mol. The van der Waals surface area contributed by atoms with Gasteiger partial charge in [0, 0.05) is 6.61 Å². The van der Waals surface area contributed by atoms with E-state index in [1.165, 1.54) is 0 Å². The van der Waals surface area contributed by atoms with Crippen LogP contribution < -0.4 is 10.6 Å². The van der Waals surface area contributed by atoms with Crippen LogP contribution in [0.25, 0.3) is 0 Å². The summed E-state index contributed by atoms with van der Waals surface area (Å²) in [4.78, 5) is 23.0. The van der Waals surface area contributed by atoms with Gasteiger partial charge in [-0.3, -0.25) is 9.59 Å². The number of rotatable bonds is 4. The molecule has 17 heavy (non-hydrogen) atoms. The summed E-state index contributed by atoms with van der Waals surface area (Å²) in [5.74, 6) is -0.399. The summed E-state index contributed by atoms with van der Waals surface area (Å²) in [5.41, 5.74) is 0. The Balaban J connectivity index is 1.87. The van der Waals surface area contributed by atoms with Gasteiger partial charge in [-0.2, -0.15) is 0 Å². The fourth-order valence-electron chi connectivity index (χ4n) is 2.16. The highest BCUT2D eigenvalue weighted by Gasteiger charge is 2.37. The third kappa shape index (κ3) is 2.95. The molecule has 0 spiro atoms. The molecule has 0 radical (unpaired) electrons. The molecule has 2 aliphatic heterocycles. The number of hydrogen-bond donors (Lipinski definition) is 2. The number of carbonyl (C=O) groups is 2. The number of hydrogen-bond acceptors (Lipinski definition) is 5. The second-order valence-electron chi connectivity index (χ2n) is 4.28. The number of amides is 1. The molecule has 3 atom stereocenters. The summed E-state index contributed by atoms with van der Waals surface area (Å²) in [6.45, 7) is 3.14. The van der Waals surface area contributed by atoms with E-state index in [0.717, 1.165) is 19.4 Å². The zero-order valence-corrected chi connectivity index (χ0v) is 9.90. The molecule has 6 nitrogen and oxygen atoms in total. The maximum atomic E-state index is 11.9. The number of ether oxygens (including phenoxy) is 2. The van der Waals surface area contributed by atoms with Crippen LogP contribution >= 0.6 is 0 Å². The molecule has 2 fully saturated rings. The fourth-order valence-corrected chi connectivity index (χ4v) is 2.16. The van der Waals surface area contributed by atoms with Gasteiger partial charge in [0.1, 0.15) is 6.04 Å². The van der Waals surface area contributed by atoms with E-state index >= 15 is 0 Å². The van der Waals surface area contributed by atoms with Crippen LogP contribution in [0.15, 0.2) is 0 Å². The van der Waals surface area contributed by atoms with Crippen LogP contribution in [0.3, 0.4) is 0 Å². The van der Waals surface area contributed by atoms with Crippen LogP contribution in [-0.2, 0) is 19.1 Å². The highest BCUT2D eigenvalue weighted by molar-refractivity contribution is 5.83. The molecule has 0 aliphatic carbocycles. The quantitative estimate of drug-likeness (QED) is 0.652. The van der Waals surface area contributed by atoms with Gasteiger partial charge in [0.15, 0.2) is 0 Å². The van der Waals surface area contributed by atoms with Gasteiger partial charge in [0.2, 0.25) is 12.2 Å². The lowest BCUT2D eigenvalue weighted by molar-refractivity contribution is -0.164. The van der Waals surface area contributed by atoms with Gasteiger partial charge in [0.05, 0.1) is 12.5 Å². The van der Waals surface area contributed by atoms with Crippen molar-refractivity contribution in [1.29, 1.82) is 0 Å². The Hall–Kier alpha value is -1.14. The van der Waals surface area contributed by atoms with Crippen molar-refractivity contribution in [2.75, 3.05) is 13.2 Å². The van der Waals surface area contributed by atoms with Gasteiger partial charge in [0.25, 0.3) is 0 Å². The monoisotopic (exact) mass is 242 g/mol. The van der Waals surface area contributed by atoms with Crippen LogP contribution in [-0.4, -0.2) is 43.4 Å². The molecule has 0 bridgehead atoms. The first-order chi connectivity index (χ1) is 8.20. The van der Waals surface area contributed by atoms with Crippen LogP contribution in [0.1, 0.15) is 26.2 Å². The smallest absolute Gasteiger partial charge is 0.310 e. The first-order valence-electron chi connectivity index (χ1n) is 6.05. The second-order valence-corrected chi connectivity index (χ2v) is 4.28. The highest BCUT2D eigenvalue weighted by atomic mass is 16.7. The van der Waals surface area contributed by atoms with E-state index < -0.39 is 6.29 Å². The van der Waals surface area contributed by atoms with Crippen molar-refractivity contribution in [3.05, 3.63) is 0 Å². The molecule has 2 heterocycles. The van der Waals surface area contributed by atoms with Crippen LogP contribution in [0.2, 0.25) is 0 Å². The predicted molar refractivity (Wildman–Crippen MR) is 59.1 cm³/mol. The minimum absolute atomic E-state index is 0.0736. The van der Waals surface area contributed by atoms with E-state index in [-0.39, 0.29) is 30.4 Å². The van der Waals surface area contributed by atoms with Gasteiger partial charge in [-0.1, -0.05) is 0 Å². The van der Waals surface area contributed by atoms with Gasteiger partial charge in [-0.05, 0) is 26.3 Å². The Bertz CT molecular complexity index is 302. The maximum absolute atomic E-state index is 11.9. The molecule has 0 saturated carbocycles. The lowest BCUT2D eigenvalue weighted by atomic mass is 10.2. The Labute approximate surface area is 100 Å². The second kappa shape index (κ2) is 5.46. The van der Waals surface area contributed by atoms with E-state index in [4.69, 9.17) is 9.47 Å². The number of cyclic esters (lactones) is 1. The van der Waals surface area contributed by atoms with Crippen molar-refractivity contribution in [1.82, 2.24) is 10.6 Å². The molecule has 0 aromatic carbocycles. The SMILES string of the molecule is CCO[C@@H]1OC(=O)C[C@@H]1NC(=O)C1CCCN1. The van der Waals surface area contributed by atoms with Gasteiger partial charge in [-0.25, -0.2) is 0 Å². The lowest BCUT2D eigenvalue weighted by Crippen LogP contribution is -2.48. The van der Waals surface area contributed by atoms with E-state index in [9.17, 15) is 9.59 Å². The Morgan fingerprint density at radius 1 is 1.65 bits per heavy atom. The standard InChI is InChI=1S/C11H18N2O4/c1-2-16-11-8(6-9(14)17-11)13-10(15)7-4-3-5-12-7/h7-8,11-12H,2-6H2,1H3,(H,13,15)/t7?,8-,11+/m0/s1. The average Bonchev–Trinajstić information content (AvgIpc) is 2.89.